The second-order valence-corrected chi connectivity index (χ2v) is 4.67. The highest BCUT2D eigenvalue weighted by molar-refractivity contribution is 5.91. The van der Waals surface area contributed by atoms with E-state index in [1.807, 2.05) is 30.3 Å². The number of carbonyl (C=O) groups is 1. The van der Waals surface area contributed by atoms with Gasteiger partial charge in [0.15, 0.2) is 0 Å². The summed E-state index contributed by atoms with van der Waals surface area (Å²) in [5.41, 5.74) is 2.19. The van der Waals surface area contributed by atoms with Gasteiger partial charge in [0.2, 0.25) is 5.91 Å². The molecule has 3 heteroatoms. The van der Waals surface area contributed by atoms with Crippen LogP contribution in [-0.2, 0) is 4.79 Å². The highest BCUT2D eigenvalue weighted by atomic mass is 16.1. The fourth-order valence-electron chi connectivity index (χ4n) is 1.86. The molecule has 0 spiro atoms. The average Bonchev–Trinajstić information content (AvgIpc) is 2.52. The molecule has 1 unspecified atom stereocenters. The Morgan fingerprint density at radius 3 is 2.60 bits per heavy atom. The van der Waals surface area contributed by atoms with Gasteiger partial charge < -0.3 is 5.32 Å². The van der Waals surface area contributed by atoms with Crippen molar-refractivity contribution in [3.63, 3.8) is 0 Å². The van der Waals surface area contributed by atoms with Crippen LogP contribution in [0, 0.1) is 0 Å². The molecule has 0 aliphatic heterocycles. The molecule has 2 aromatic rings. The summed E-state index contributed by atoms with van der Waals surface area (Å²) < 4.78 is 0. The summed E-state index contributed by atoms with van der Waals surface area (Å²) in [4.78, 5) is 15.7. The van der Waals surface area contributed by atoms with Crippen molar-refractivity contribution in [3.8, 4) is 0 Å². The first kappa shape index (κ1) is 14.0. The van der Waals surface area contributed by atoms with Crippen LogP contribution in [0.15, 0.2) is 60.9 Å². The second kappa shape index (κ2) is 7.24. The molecule has 1 heterocycles. The number of hydrogen-bond acceptors (Lipinski definition) is 2. The minimum absolute atomic E-state index is 0.0791. The lowest BCUT2D eigenvalue weighted by Crippen LogP contribution is -2.25. The van der Waals surface area contributed by atoms with Crippen molar-refractivity contribution < 1.29 is 4.79 Å². The third kappa shape index (κ3) is 4.35. The molecule has 102 valence electrons. The molecule has 1 aromatic carbocycles. The lowest BCUT2D eigenvalue weighted by molar-refractivity contribution is -0.116. The van der Waals surface area contributed by atoms with Crippen molar-refractivity contribution in [2.75, 3.05) is 6.54 Å². The molecule has 20 heavy (non-hydrogen) atoms. The van der Waals surface area contributed by atoms with Gasteiger partial charge in [0.25, 0.3) is 0 Å². The van der Waals surface area contributed by atoms with Crippen LogP contribution in [-0.4, -0.2) is 17.4 Å². The van der Waals surface area contributed by atoms with Crippen LogP contribution in [0.25, 0.3) is 6.08 Å². The zero-order valence-corrected chi connectivity index (χ0v) is 11.5. The van der Waals surface area contributed by atoms with E-state index in [9.17, 15) is 4.79 Å². The normalized spacial score (nSPS) is 12.2. The summed E-state index contributed by atoms with van der Waals surface area (Å²) in [6, 6.07) is 13.9. The van der Waals surface area contributed by atoms with Gasteiger partial charge in [-0.2, -0.15) is 0 Å². The summed E-state index contributed by atoms with van der Waals surface area (Å²) in [7, 11) is 0. The summed E-state index contributed by atoms with van der Waals surface area (Å²) >= 11 is 0. The van der Waals surface area contributed by atoms with E-state index in [1.165, 1.54) is 5.56 Å². The summed E-state index contributed by atoms with van der Waals surface area (Å²) in [5.74, 6) is 0.221. The number of amides is 1. The predicted octanol–water partition coefficient (Wildman–Crippen LogP) is 3.01. The van der Waals surface area contributed by atoms with Crippen LogP contribution in [0.3, 0.4) is 0 Å². The molecule has 1 aromatic heterocycles. The van der Waals surface area contributed by atoms with Crippen LogP contribution in [0.1, 0.15) is 24.0 Å². The summed E-state index contributed by atoms with van der Waals surface area (Å²) in [6.07, 6.45) is 6.74. The first-order valence-corrected chi connectivity index (χ1v) is 6.66. The Labute approximate surface area is 119 Å². The van der Waals surface area contributed by atoms with E-state index in [2.05, 4.69) is 29.4 Å². The third-order valence-electron chi connectivity index (χ3n) is 3.08. The first-order chi connectivity index (χ1) is 9.75. The highest BCUT2D eigenvalue weighted by Gasteiger charge is 2.05. The fraction of sp³-hybridized carbons (Fsp3) is 0.176. The molecule has 0 bridgehead atoms. The SMILES string of the molecule is CC(CNC(=O)C=Cc1ccncc1)c1ccccc1. The van der Waals surface area contributed by atoms with Gasteiger partial charge in [0.05, 0.1) is 0 Å². The maximum absolute atomic E-state index is 11.7. The molecule has 1 amide bonds. The van der Waals surface area contributed by atoms with Crippen molar-refractivity contribution in [3.05, 3.63) is 72.1 Å². The van der Waals surface area contributed by atoms with Crippen molar-refractivity contribution in [2.45, 2.75) is 12.8 Å². The van der Waals surface area contributed by atoms with Gasteiger partial charge in [-0.1, -0.05) is 37.3 Å². The molecule has 0 saturated heterocycles. The third-order valence-corrected chi connectivity index (χ3v) is 3.08. The Hall–Kier alpha value is -2.42. The second-order valence-electron chi connectivity index (χ2n) is 4.67. The number of hydrogen-bond donors (Lipinski definition) is 1. The number of rotatable bonds is 5. The Kier molecular flexibility index (Phi) is 5.07. The standard InChI is InChI=1S/C17H18N2O/c1-14(16-5-3-2-4-6-16)13-19-17(20)8-7-15-9-11-18-12-10-15/h2-12,14H,13H2,1H3,(H,19,20). The average molecular weight is 266 g/mol. The van der Waals surface area contributed by atoms with Crippen LogP contribution in [0.2, 0.25) is 0 Å². The van der Waals surface area contributed by atoms with Gasteiger partial charge in [-0.15, -0.1) is 0 Å². The molecule has 3 nitrogen and oxygen atoms in total. The van der Waals surface area contributed by atoms with E-state index in [0.717, 1.165) is 5.56 Å². The number of carbonyl (C=O) groups excluding carboxylic acids is 1. The Morgan fingerprint density at radius 1 is 1.20 bits per heavy atom. The molecule has 1 N–H and O–H groups in total. The molecule has 0 aliphatic carbocycles. The lowest BCUT2D eigenvalue weighted by atomic mass is 10.0. The zero-order chi connectivity index (χ0) is 14.2. The number of nitrogens with zero attached hydrogens (tertiary/aromatic N) is 1. The largest absolute Gasteiger partial charge is 0.352 e. The summed E-state index contributed by atoms with van der Waals surface area (Å²) in [5, 5.41) is 2.91. The van der Waals surface area contributed by atoms with E-state index in [-0.39, 0.29) is 5.91 Å². The van der Waals surface area contributed by atoms with Gasteiger partial charge >= 0.3 is 0 Å². The van der Waals surface area contributed by atoms with Crippen molar-refractivity contribution >= 4 is 12.0 Å². The predicted molar refractivity (Wildman–Crippen MR) is 81.1 cm³/mol. The zero-order valence-electron chi connectivity index (χ0n) is 11.5. The number of aromatic nitrogens is 1. The monoisotopic (exact) mass is 266 g/mol. The van der Waals surface area contributed by atoms with E-state index < -0.39 is 0 Å². The van der Waals surface area contributed by atoms with E-state index >= 15 is 0 Å². The van der Waals surface area contributed by atoms with E-state index in [0.29, 0.717) is 12.5 Å². The van der Waals surface area contributed by atoms with E-state index in [1.54, 1.807) is 24.5 Å². The van der Waals surface area contributed by atoms with Gasteiger partial charge in [-0.05, 0) is 35.3 Å². The minimum atomic E-state index is -0.0791. The number of benzene rings is 1. The first-order valence-electron chi connectivity index (χ1n) is 6.66. The van der Waals surface area contributed by atoms with E-state index in [4.69, 9.17) is 0 Å². The van der Waals surface area contributed by atoms with Crippen molar-refractivity contribution in [2.24, 2.45) is 0 Å². The number of pyridine rings is 1. The molecular weight excluding hydrogens is 248 g/mol. The Bertz CT molecular complexity index is 564. The van der Waals surface area contributed by atoms with Gasteiger partial charge in [-0.25, -0.2) is 0 Å². The Balaban J connectivity index is 1.82. The molecule has 0 radical (unpaired) electrons. The summed E-state index contributed by atoms with van der Waals surface area (Å²) in [6.45, 7) is 2.73. The maximum Gasteiger partial charge on any atom is 0.244 e. The van der Waals surface area contributed by atoms with Gasteiger partial charge in [0.1, 0.15) is 0 Å². The smallest absolute Gasteiger partial charge is 0.244 e. The molecule has 0 saturated carbocycles. The molecule has 0 fully saturated rings. The van der Waals surface area contributed by atoms with Gasteiger partial charge in [0, 0.05) is 25.0 Å². The lowest BCUT2D eigenvalue weighted by Gasteiger charge is -2.11. The van der Waals surface area contributed by atoms with Crippen LogP contribution in [0.4, 0.5) is 0 Å². The maximum atomic E-state index is 11.7. The molecule has 2 rings (SSSR count). The topological polar surface area (TPSA) is 42.0 Å². The quantitative estimate of drug-likeness (QED) is 0.845. The molecule has 1 atom stereocenters. The number of nitrogens with one attached hydrogen (secondary N) is 1. The fourth-order valence-corrected chi connectivity index (χ4v) is 1.86. The highest BCUT2D eigenvalue weighted by Crippen LogP contribution is 2.12. The molecule has 0 aliphatic rings. The van der Waals surface area contributed by atoms with Crippen LogP contribution >= 0.6 is 0 Å². The van der Waals surface area contributed by atoms with Gasteiger partial charge in [-0.3, -0.25) is 9.78 Å². The Morgan fingerprint density at radius 2 is 1.90 bits per heavy atom. The van der Waals surface area contributed by atoms with Crippen LogP contribution in [0.5, 0.6) is 0 Å². The van der Waals surface area contributed by atoms with Crippen LogP contribution < -0.4 is 5.32 Å². The minimum Gasteiger partial charge on any atom is -0.352 e. The van der Waals surface area contributed by atoms with Crippen molar-refractivity contribution in [1.82, 2.24) is 10.3 Å². The molecular formula is C17H18N2O. The van der Waals surface area contributed by atoms with Crippen molar-refractivity contribution in [1.29, 1.82) is 0 Å².